The standard InChI is InChI=1S/C30H43N3O2/c1-4-6-13-28-31(18-5-2)21-22-33(28)29(26-11-10-12-27(23-26)35-3)24-14-16-25(17-15-24)30(34)32-19-8-7-9-20-32/h5,10-12,14-16,23,25,28-29H,2,4,6-9,13,17-22H2,1,3H3. The van der Waals surface area contributed by atoms with E-state index in [0.717, 1.165) is 64.2 Å². The van der Waals surface area contributed by atoms with Crippen molar-refractivity contribution in [2.75, 3.05) is 39.8 Å². The minimum absolute atomic E-state index is 0.0328. The van der Waals surface area contributed by atoms with E-state index < -0.39 is 0 Å². The second-order valence-electron chi connectivity index (χ2n) is 10.1. The molecule has 5 heteroatoms. The average Bonchev–Trinajstić information content (AvgIpc) is 3.30. The Kier molecular flexibility index (Phi) is 9.22. The lowest BCUT2D eigenvalue weighted by Crippen LogP contribution is -2.42. The van der Waals surface area contributed by atoms with Crippen molar-refractivity contribution in [3.8, 4) is 5.75 Å². The highest BCUT2D eigenvalue weighted by Crippen LogP contribution is 2.39. The van der Waals surface area contributed by atoms with Gasteiger partial charge in [-0.15, -0.1) is 6.58 Å². The van der Waals surface area contributed by atoms with Crippen LogP contribution >= 0.6 is 0 Å². The lowest BCUT2D eigenvalue weighted by Gasteiger charge is -2.38. The zero-order chi connectivity index (χ0) is 24.6. The number of hydrogen-bond donors (Lipinski definition) is 0. The molecule has 5 nitrogen and oxygen atoms in total. The maximum atomic E-state index is 13.1. The van der Waals surface area contributed by atoms with Crippen LogP contribution in [0.3, 0.4) is 0 Å². The number of carbonyl (C=O) groups is 1. The topological polar surface area (TPSA) is 36.0 Å². The summed E-state index contributed by atoms with van der Waals surface area (Å²) in [5.74, 6) is 1.15. The van der Waals surface area contributed by atoms with Gasteiger partial charge in [0.1, 0.15) is 5.75 Å². The Morgan fingerprint density at radius 2 is 2.03 bits per heavy atom. The maximum absolute atomic E-state index is 13.1. The van der Waals surface area contributed by atoms with E-state index in [9.17, 15) is 4.79 Å². The number of benzene rings is 1. The van der Waals surface area contributed by atoms with E-state index in [1.165, 1.54) is 30.4 Å². The molecule has 1 amide bonds. The smallest absolute Gasteiger partial charge is 0.229 e. The summed E-state index contributed by atoms with van der Waals surface area (Å²) in [6.45, 7) is 11.1. The third-order valence-corrected chi connectivity index (χ3v) is 7.80. The Morgan fingerprint density at radius 1 is 1.20 bits per heavy atom. The summed E-state index contributed by atoms with van der Waals surface area (Å²) in [6.07, 6.45) is 17.0. The molecule has 0 radical (unpaired) electrons. The van der Waals surface area contributed by atoms with E-state index in [4.69, 9.17) is 4.74 Å². The Bertz CT molecular complexity index is 918. The lowest BCUT2D eigenvalue weighted by molar-refractivity contribution is -0.134. The first kappa shape index (κ1) is 25.7. The van der Waals surface area contributed by atoms with Gasteiger partial charge in [0, 0.05) is 32.7 Å². The van der Waals surface area contributed by atoms with Crippen molar-refractivity contribution in [1.29, 1.82) is 0 Å². The highest BCUT2D eigenvalue weighted by molar-refractivity contribution is 5.81. The molecule has 190 valence electrons. The average molecular weight is 478 g/mol. The second-order valence-corrected chi connectivity index (χ2v) is 10.1. The molecular weight excluding hydrogens is 434 g/mol. The van der Waals surface area contributed by atoms with Crippen molar-refractivity contribution >= 4 is 5.91 Å². The van der Waals surface area contributed by atoms with Crippen LogP contribution in [0.15, 0.2) is 60.7 Å². The summed E-state index contributed by atoms with van der Waals surface area (Å²) in [6, 6.07) is 8.65. The quantitative estimate of drug-likeness (QED) is 0.413. The van der Waals surface area contributed by atoms with Crippen molar-refractivity contribution in [1.82, 2.24) is 14.7 Å². The van der Waals surface area contributed by atoms with Crippen LogP contribution in [0.5, 0.6) is 5.75 Å². The van der Waals surface area contributed by atoms with Gasteiger partial charge in [-0.1, -0.05) is 56.2 Å². The van der Waals surface area contributed by atoms with Crippen LogP contribution in [0.1, 0.15) is 63.5 Å². The van der Waals surface area contributed by atoms with Crippen molar-refractivity contribution in [3.63, 3.8) is 0 Å². The van der Waals surface area contributed by atoms with E-state index in [1.54, 1.807) is 7.11 Å². The second kappa shape index (κ2) is 12.5. The first-order valence-corrected chi connectivity index (χ1v) is 13.6. The minimum Gasteiger partial charge on any atom is -0.497 e. The number of methoxy groups -OCH3 is 1. The van der Waals surface area contributed by atoms with E-state index in [0.29, 0.717) is 12.1 Å². The molecule has 0 N–H and O–H groups in total. The van der Waals surface area contributed by atoms with Gasteiger partial charge in [0.2, 0.25) is 5.91 Å². The summed E-state index contributed by atoms with van der Waals surface area (Å²) in [5, 5.41) is 0. The van der Waals surface area contributed by atoms with Gasteiger partial charge in [-0.25, -0.2) is 0 Å². The van der Waals surface area contributed by atoms with Crippen LogP contribution < -0.4 is 4.74 Å². The first-order valence-electron chi connectivity index (χ1n) is 13.6. The van der Waals surface area contributed by atoms with Crippen molar-refractivity contribution in [2.45, 2.75) is 64.1 Å². The third-order valence-electron chi connectivity index (χ3n) is 7.80. The van der Waals surface area contributed by atoms with Gasteiger partial charge in [-0.05, 0) is 55.4 Å². The number of allylic oxidation sites excluding steroid dienone is 1. The molecule has 35 heavy (non-hydrogen) atoms. The maximum Gasteiger partial charge on any atom is 0.229 e. The number of unbranched alkanes of at least 4 members (excludes halogenated alkanes) is 1. The molecule has 3 unspecified atom stereocenters. The molecule has 4 rings (SSSR count). The van der Waals surface area contributed by atoms with Gasteiger partial charge >= 0.3 is 0 Å². The van der Waals surface area contributed by atoms with Gasteiger partial charge in [0.05, 0.1) is 25.2 Å². The number of ether oxygens (including phenoxy) is 1. The van der Waals surface area contributed by atoms with E-state index >= 15 is 0 Å². The van der Waals surface area contributed by atoms with Crippen molar-refractivity contribution in [3.05, 3.63) is 66.3 Å². The molecule has 3 aliphatic rings. The van der Waals surface area contributed by atoms with E-state index in [2.05, 4.69) is 64.6 Å². The SMILES string of the molecule is C=CCN1CCN(C(C2=CCC(C(=O)N3CCCCC3)C=C2)c2cccc(OC)c2)C1CCCC. The number of carbonyl (C=O) groups excluding carboxylic acids is 1. The number of nitrogens with zero attached hydrogens (tertiary/aromatic N) is 3. The van der Waals surface area contributed by atoms with Crippen LogP contribution in [0.4, 0.5) is 0 Å². The highest BCUT2D eigenvalue weighted by Gasteiger charge is 2.38. The van der Waals surface area contributed by atoms with Crippen molar-refractivity contribution < 1.29 is 9.53 Å². The molecule has 0 spiro atoms. The summed E-state index contributed by atoms with van der Waals surface area (Å²) < 4.78 is 5.59. The predicted octanol–water partition coefficient (Wildman–Crippen LogP) is 5.57. The highest BCUT2D eigenvalue weighted by atomic mass is 16.5. The molecule has 2 saturated heterocycles. The first-order chi connectivity index (χ1) is 17.2. The monoisotopic (exact) mass is 477 g/mol. The number of likely N-dealkylation sites (tertiary alicyclic amines) is 1. The largest absolute Gasteiger partial charge is 0.497 e. The van der Waals surface area contributed by atoms with Gasteiger partial charge in [-0.2, -0.15) is 0 Å². The molecule has 2 fully saturated rings. The Morgan fingerprint density at radius 3 is 2.71 bits per heavy atom. The Balaban J connectivity index is 1.60. The number of amides is 1. The number of piperidine rings is 1. The lowest BCUT2D eigenvalue weighted by atomic mass is 9.88. The van der Waals surface area contributed by atoms with Gasteiger partial charge in [0.15, 0.2) is 0 Å². The van der Waals surface area contributed by atoms with Gasteiger partial charge in [0.25, 0.3) is 0 Å². The molecule has 0 saturated carbocycles. The zero-order valence-corrected chi connectivity index (χ0v) is 21.7. The van der Waals surface area contributed by atoms with Crippen molar-refractivity contribution in [2.24, 2.45) is 5.92 Å². The van der Waals surface area contributed by atoms with Crippen LogP contribution in [0.25, 0.3) is 0 Å². The zero-order valence-electron chi connectivity index (χ0n) is 21.7. The summed E-state index contributed by atoms with van der Waals surface area (Å²) >= 11 is 0. The van der Waals surface area contributed by atoms with Gasteiger partial charge in [-0.3, -0.25) is 14.6 Å². The fraction of sp³-hybridized carbons (Fsp3) is 0.567. The fourth-order valence-corrected chi connectivity index (χ4v) is 5.93. The van der Waals surface area contributed by atoms with Crippen LogP contribution in [-0.2, 0) is 4.79 Å². The molecule has 2 aliphatic heterocycles. The molecule has 0 bridgehead atoms. The number of hydrogen-bond acceptors (Lipinski definition) is 4. The molecule has 1 aromatic carbocycles. The number of rotatable bonds is 10. The van der Waals surface area contributed by atoms with E-state index in [1.807, 2.05) is 12.1 Å². The summed E-state index contributed by atoms with van der Waals surface area (Å²) in [7, 11) is 1.73. The molecular formula is C30H43N3O2. The molecule has 1 aromatic rings. The fourth-order valence-electron chi connectivity index (χ4n) is 5.93. The van der Waals surface area contributed by atoms with E-state index in [-0.39, 0.29) is 12.0 Å². The Labute approximate surface area is 212 Å². The Hall–Kier alpha value is -2.37. The molecule has 1 aliphatic carbocycles. The third kappa shape index (κ3) is 6.07. The van der Waals surface area contributed by atoms with Gasteiger partial charge < -0.3 is 9.64 Å². The van der Waals surface area contributed by atoms with Crippen LogP contribution in [0, 0.1) is 5.92 Å². The molecule has 3 atom stereocenters. The predicted molar refractivity (Wildman–Crippen MR) is 143 cm³/mol. The van der Waals surface area contributed by atoms with Crippen LogP contribution in [-0.4, -0.2) is 66.6 Å². The van der Waals surface area contributed by atoms with Crippen LogP contribution in [0.2, 0.25) is 0 Å². The molecule has 2 heterocycles. The minimum atomic E-state index is -0.0328. The molecule has 0 aromatic heterocycles. The normalized spacial score (nSPS) is 24.3. The summed E-state index contributed by atoms with van der Waals surface area (Å²) in [4.78, 5) is 20.4. The summed E-state index contributed by atoms with van der Waals surface area (Å²) in [5.41, 5.74) is 2.55.